The first kappa shape index (κ1) is 90.1. The van der Waals surface area contributed by atoms with Gasteiger partial charge in [-0.2, -0.15) is 0 Å². The highest BCUT2D eigenvalue weighted by molar-refractivity contribution is 6.39. The maximum atomic E-state index is 14.9. The summed E-state index contributed by atoms with van der Waals surface area (Å²) in [4.78, 5) is 132. The van der Waals surface area contributed by atoms with E-state index in [0.29, 0.717) is 126 Å². The van der Waals surface area contributed by atoms with Crippen LogP contribution < -0.4 is 5.63 Å². The van der Waals surface area contributed by atoms with Crippen LogP contribution in [0, 0.1) is 40.9 Å². The Morgan fingerprint density at radius 2 is 1.46 bits per heavy atom. The van der Waals surface area contributed by atoms with E-state index in [2.05, 4.69) is 13.2 Å². The lowest BCUT2D eigenvalue weighted by atomic mass is 9.63. The smallest absolute Gasteiger partial charge is 0.341 e. The molecule has 4 fully saturated rings. The number of carbonyl (C=O) groups is 8. The largest absolute Gasteiger partial charge is 0.504 e. The van der Waals surface area contributed by atoms with E-state index in [-0.39, 0.29) is 104 Å². The molecule has 3 aliphatic carbocycles. The number of Topliss-reactive ketones (excluding diaryl/α,β-unsaturated/α-hetero) is 3. The van der Waals surface area contributed by atoms with Gasteiger partial charge in [-0.25, -0.2) is 9.59 Å². The van der Waals surface area contributed by atoms with Gasteiger partial charge in [0, 0.05) is 132 Å². The van der Waals surface area contributed by atoms with E-state index in [1.165, 1.54) is 26.0 Å². The van der Waals surface area contributed by atoms with Crippen molar-refractivity contribution in [2.24, 2.45) is 40.9 Å². The number of ether oxygens (including phenoxy) is 9. The normalized spacial score (nSPS) is 31.2. The lowest BCUT2D eigenvalue weighted by Gasteiger charge is -2.44. The number of carbonyl (C=O) groups excluding carboxylic acids is 8. The zero-order valence-corrected chi connectivity index (χ0v) is 68.2. The molecule has 1 aromatic heterocycles. The Kier molecular flexibility index (Phi) is 33.1. The molecule has 8 rings (SSSR count). The first-order chi connectivity index (χ1) is 53.3. The summed E-state index contributed by atoms with van der Waals surface area (Å²) in [5, 5.41) is 47.5. The van der Waals surface area contributed by atoms with Gasteiger partial charge in [0.25, 0.3) is 11.7 Å². The molecule has 1 amide bonds. The molecule has 2 saturated carbocycles. The van der Waals surface area contributed by atoms with E-state index in [4.69, 9.17) is 47.0 Å². The van der Waals surface area contributed by atoms with Crippen molar-refractivity contribution in [2.45, 2.75) is 283 Å². The number of hydrogen-bond donors (Lipinski definition) is 4. The standard InChI is InChI=1S/C87H124N2O23/c1-16-38-88(39-17-2)48-60-73-76(69(49-103-12)109-84(60)100)75-68(107-57(10)90)47-86(11)61(74(75)79(97)78(73)96)35-37-70(86)110-71(93)30-23-18-19-24-31-72(94)111-80-55(8)42-52(5)64(92)46-66(53(6)43-58-33-36-63(91)67(44-58)105-14)108-85(101)62-29-25-26-40-89(62)83(99)82(98)87(102)56(9)32-34-59(112-87)45-65(104-13)51(4)28-22-20-21-27-50(3)41-54(7)77(95)81(80)106-15/h16-17,20-22,27-28,42,50,52-54,56,58-59,61-63,65-68,70,80-81,91,96-97,102H,1-2,18-19,23-26,29-41,43-49H2,3-15H3/t50-,52-,53-,54-,56-,58+,59+,61+,62+,63-,65+,66+,67-,68-,70+,80-,81+,86+,87-/m1/s1. The van der Waals surface area contributed by atoms with Crippen LogP contribution in [0.4, 0.5) is 0 Å². The third kappa shape index (κ3) is 21.7. The summed E-state index contributed by atoms with van der Waals surface area (Å²) in [6, 6.07) is -1.23. The Morgan fingerprint density at radius 1 is 0.759 bits per heavy atom. The summed E-state index contributed by atoms with van der Waals surface area (Å²) in [5.41, 5.74) is 0.255. The Hall–Kier alpha value is -7.49. The molecule has 0 unspecified atom stereocenters. The van der Waals surface area contributed by atoms with Crippen LogP contribution in [-0.4, -0.2) is 186 Å². The number of allylic oxidation sites excluding steroid dienone is 6. The number of amides is 1. The Balaban J connectivity index is 0.993. The predicted octanol–water partition coefficient (Wildman–Crippen LogP) is 12.4. The average Bonchev–Trinajstić information content (AvgIpc) is 1.31. The quantitative estimate of drug-likeness (QED) is 0.0189. The molecule has 620 valence electrons. The Morgan fingerprint density at radius 3 is 2.11 bits per heavy atom. The van der Waals surface area contributed by atoms with Gasteiger partial charge < -0.3 is 72.4 Å². The summed E-state index contributed by atoms with van der Waals surface area (Å²) in [7, 11) is 5.89. The van der Waals surface area contributed by atoms with Gasteiger partial charge in [-0.3, -0.25) is 38.5 Å². The highest BCUT2D eigenvalue weighted by atomic mass is 16.6. The van der Waals surface area contributed by atoms with E-state index in [1.807, 2.05) is 63.0 Å². The zero-order chi connectivity index (χ0) is 82.1. The molecule has 2 saturated heterocycles. The minimum Gasteiger partial charge on any atom is -0.504 e. The summed E-state index contributed by atoms with van der Waals surface area (Å²) >= 11 is 0. The van der Waals surface area contributed by atoms with Gasteiger partial charge >= 0.3 is 29.5 Å². The molecule has 4 heterocycles. The number of cyclic esters (lactones) is 1. The lowest BCUT2D eigenvalue weighted by molar-refractivity contribution is -0.265. The first-order valence-electron chi connectivity index (χ1n) is 40.3. The average molecular weight is 1570 g/mol. The SMILES string of the molecule is C=CCN(CC=C)Cc1c(=O)oc(COC)c2c3c(c(O)c(O)c12)[C@@H]1CC[C@H](OC(=O)CCCCCCC(=O)O[C@@H]2C(C)=C[C@@H](C)C(=O)C[C@@H]([C@H](C)C[C@@H]4CC[C@@H](O)[C@H](OC)C4)OC(=O)[C@@H]4CCCCN4C(=O)C(=O)[C@]4(O)O[C@@H](CC[C@H]4C)C[C@H](OC)C(C)=CC=CC=C[C@@H](C)C[C@@H](C)C(=O)[C@@H]2OC)[C@@]1(C)C[C@H]3OC(C)=O. The number of aliphatic hydroxyl groups excluding tert-OH is 1. The predicted molar refractivity (Wildman–Crippen MR) is 418 cm³/mol. The maximum Gasteiger partial charge on any atom is 0.341 e. The number of unbranched alkanes of at least 4 members (excludes halogenated alkanes) is 3. The van der Waals surface area contributed by atoms with E-state index < -0.39 is 154 Å². The van der Waals surface area contributed by atoms with Crippen molar-refractivity contribution in [1.29, 1.82) is 0 Å². The molecule has 0 radical (unpaired) electrons. The van der Waals surface area contributed by atoms with Crippen molar-refractivity contribution in [2.75, 3.05) is 48.1 Å². The van der Waals surface area contributed by atoms with Crippen LogP contribution in [-0.2, 0) is 94.1 Å². The van der Waals surface area contributed by atoms with Crippen LogP contribution in [0.25, 0.3) is 10.8 Å². The van der Waals surface area contributed by atoms with E-state index >= 15 is 0 Å². The Bertz CT molecular complexity index is 3860. The number of benzene rings is 1. The van der Waals surface area contributed by atoms with Crippen LogP contribution in [0.2, 0.25) is 0 Å². The van der Waals surface area contributed by atoms with Gasteiger partial charge in [-0.15, -0.1) is 13.2 Å². The number of phenols is 2. The molecule has 25 heteroatoms. The molecule has 112 heavy (non-hydrogen) atoms. The second kappa shape index (κ2) is 41.2. The van der Waals surface area contributed by atoms with Crippen LogP contribution in [0.5, 0.6) is 11.5 Å². The fraction of sp³-hybridized carbons (Fsp3) is 0.667. The molecule has 2 bridgehead atoms. The highest BCUT2D eigenvalue weighted by Crippen LogP contribution is 2.64. The topological polar surface area (TPSA) is 337 Å². The van der Waals surface area contributed by atoms with Gasteiger partial charge in [-0.05, 0) is 145 Å². The number of ketones is 3. The third-order valence-corrected chi connectivity index (χ3v) is 24.3. The minimum absolute atomic E-state index is 0.0110. The second-order valence-electron chi connectivity index (χ2n) is 32.7. The van der Waals surface area contributed by atoms with Gasteiger partial charge in [0.2, 0.25) is 5.79 Å². The van der Waals surface area contributed by atoms with Crippen molar-refractivity contribution in [1.82, 2.24) is 9.80 Å². The fourth-order valence-electron chi connectivity index (χ4n) is 18.0. The highest BCUT2D eigenvalue weighted by Gasteiger charge is 2.58. The fourth-order valence-corrected chi connectivity index (χ4v) is 18.0. The summed E-state index contributed by atoms with van der Waals surface area (Å²) in [6.45, 7) is 23.9. The summed E-state index contributed by atoms with van der Waals surface area (Å²) in [5.74, 6) is -12.3. The third-order valence-electron chi connectivity index (χ3n) is 24.3. The number of fused-ring (bicyclic) bond motifs is 8. The number of aliphatic hydroxyl groups is 2. The number of nitrogens with zero attached hydrogens (tertiary/aromatic N) is 2. The van der Waals surface area contributed by atoms with E-state index in [9.17, 15) is 63.6 Å². The zero-order valence-electron chi connectivity index (χ0n) is 68.2. The first-order valence-corrected chi connectivity index (χ1v) is 40.3. The number of rotatable bonds is 24. The molecular weight excluding hydrogens is 1440 g/mol. The molecule has 2 aromatic rings. The lowest BCUT2D eigenvalue weighted by Crippen LogP contribution is -2.61. The molecular formula is C87H124N2O23. The van der Waals surface area contributed by atoms with Crippen molar-refractivity contribution < 1.29 is 106 Å². The molecule has 25 nitrogen and oxygen atoms in total. The molecule has 4 N–H and O–H groups in total. The van der Waals surface area contributed by atoms with Crippen molar-refractivity contribution in [3.63, 3.8) is 0 Å². The summed E-state index contributed by atoms with van der Waals surface area (Å²) in [6.07, 6.45) is 13.9. The van der Waals surface area contributed by atoms with Crippen molar-refractivity contribution in [3.8, 4) is 11.5 Å². The molecule has 3 aliphatic heterocycles. The van der Waals surface area contributed by atoms with Gasteiger partial charge in [0.15, 0.2) is 29.5 Å². The second-order valence-corrected chi connectivity index (χ2v) is 32.7. The molecule has 1 aromatic carbocycles. The van der Waals surface area contributed by atoms with E-state index in [1.54, 1.807) is 60.1 Å². The number of methoxy groups -OCH3 is 4. The van der Waals surface area contributed by atoms with Crippen molar-refractivity contribution >= 4 is 57.9 Å². The molecule has 19 atom stereocenters. The number of piperidine rings is 1. The van der Waals surface area contributed by atoms with Crippen LogP contribution in [0.1, 0.15) is 232 Å². The van der Waals surface area contributed by atoms with Gasteiger partial charge in [0.1, 0.15) is 42.5 Å². The van der Waals surface area contributed by atoms with Crippen molar-refractivity contribution in [3.05, 3.63) is 106 Å². The van der Waals surface area contributed by atoms with E-state index in [0.717, 1.165) is 5.57 Å². The van der Waals surface area contributed by atoms with Gasteiger partial charge in [0.05, 0.1) is 30.0 Å². The van der Waals surface area contributed by atoms with Crippen LogP contribution >= 0.6 is 0 Å². The maximum absolute atomic E-state index is 14.9. The minimum atomic E-state index is -2.50. The number of phenolic OH excluding ortho intramolecular Hbond substituents is 2. The Labute approximate surface area is 659 Å². The van der Waals surface area contributed by atoms with Crippen LogP contribution in [0.3, 0.4) is 0 Å². The number of hydrogen-bond acceptors (Lipinski definition) is 24. The van der Waals surface area contributed by atoms with Gasteiger partial charge in [-0.1, -0.05) is 103 Å². The molecule has 0 spiro atoms. The summed E-state index contributed by atoms with van der Waals surface area (Å²) < 4.78 is 60.3. The number of esters is 4. The monoisotopic (exact) mass is 1560 g/mol. The molecule has 6 aliphatic rings. The number of aromatic hydroxyl groups is 2. The van der Waals surface area contributed by atoms with Crippen LogP contribution in [0.15, 0.2) is 82.1 Å².